The smallest absolute Gasteiger partial charge is 0.226 e. The fourth-order valence-corrected chi connectivity index (χ4v) is 2.81. The molecule has 2 rings (SSSR count). The van der Waals surface area contributed by atoms with E-state index in [1.807, 2.05) is 6.92 Å². The summed E-state index contributed by atoms with van der Waals surface area (Å²) in [5.41, 5.74) is 1.29. The summed E-state index contributed by atoms with van der Waals surface area (Å²) in [6.07, 6.45) is 2.53. The Morgan fingerprint density at radius 2 is 2.19 bits per heavy atom. The quantitative estimate of drug-likeness (QED) is 0.814. The van der Waals surface area contributed by atoms with Crippen LogP contribution in [0.1, 0.15) is 24.8 Å². The minimum absolute atomic E-state index is 0.141. The number of rotatable bonds is 5. The van der Waals surface area contributed by atoms with Crippen LogP contribution in [0, 0.1) is 6.92 Å². The lowest BCUT2D eigenvalue weighted by Gasteiger charge is -2.22. The molecule has 0 spiro atoms. The molecule has 1 aromatic heterocycles. The molecule has 0 unspecified atom stereocenters. The predicted octanol–water partition coefficient (Wildman–Crippen LogP) is 2.79. The molecular weight excluding hydrogens is 313 g/mol. The van der Waals surface area contributed by atoms with Gasteiger partial charge >= 0.3 is 0 Å². The van der Waals surface area contributed by atoms with Crippen molar-refractivity contribution in [1.82, 2.24) is 10.3 Å². The zero-order chi connectivity index (χ0) is 15.2. The number of amides is 1. The van der Waals surface area contributed by atoms with Gasteiger partial charge in [-0.1, -0.05) is 23.2 Å². The molecule has 2 heterocycles. The first-order valence-electron chi connectivity index (χ1n) is 7.01. The maximum Gasteiger partial charge on any atom is 0.226 e. The molecule has 1 aromatic rings. The molecule has 1 aliphatic rings. The normalized spacial score (nSPS) is 16.0. The van der Waals surface area contributed by atoms with Crippen molar-refractivity contribution in [3.8, 4) is 0 Å². The minimum Gasteiger partial charge on any atom is -0.378 e. The molecule has 1 fully saturated rings. The van der Waals surface area contributed by atoms with E-state index >= 15 is 0 Å². The second kappa shape index (κ2) is 7.94. The fourth-order valence-electron chi connectivity index (χ4n) is 2.23. The standard InChI is InChI=1S/C14H19Cl2N3O2/c1-9-8-11(15)18-14(16)13(9)19-12(20)4-7-21-10-2-5-17-6-3-10/h8,10,17H,2-7H2,1H3,(H,19,20). The summed E-state index contributed by atoms with van der Waals surface area (Å²) in [7, 11) is 0. The number of nitrogens with one attached hydrogen (secondary N) is 2. The van der Waals surface area contributed by atoms with Gasteiger partial charge in [-0.15, -0.1) is 0 Å². The third kappa shape index (κ3) is 5.11. The van der Waals surface area contributed by atoms with Crippen LogP contribution in [0.2, 0.25) is 10.3 Å². The van der Waals surface area contributed by atoms with Gasteiger partial charge in [0, 0.05) is 0 Å². The molecule has 0 aliphatic carbocycles. The molecule has 0 saturated carbocycles. The number of pyridine rings is 1. The molecule has 1 amide bonds. The largest absolute Gasteiger partial charge is 0.378 e. The molecule has 0 atom stereocenters. The van der Waals surface area contributed by atoms with Crippen LogP contribution in [0.25, 0.3) is 0 Å². The van der Waals surface area contributed by atoms with Gasteiger partial charge in [-0.2, -0.15) is 0 Å². The van der Waals surface area contributed by atoms with Crippen molar-refractivity contribution in [2.45, 2.75) is 32.3 Å². The van der Waals surface area contributed by atoms with E-state index in [-0.39, 0.29) is 17.2 Å². The van der Waals surface area contributed by atoms with Crippen LogP contribution < -0.4 is 10.6 Å². The van der Waals surface area contributed by atoms with Crippen LogP contribution >= 0.6 is 23.2 Å². The van der Waals surface area contributed by atoms with E-state index in [0.717, 1.165) is 31.5 Å². The van der Waals surface area contributed by atoms with Crippen molar-refractivity contribution in [1.29, 1.82) is 0 Å². The van der Waals surface area contributed by atoms with Crippen LogP contribution in [0.5, 0.6) is 0 Å². The van der Waals surface area contributed by atoms with Gasteiger partial charge in [0.25, 0.3) is 0 Å². The molecular formula is C14H19Cl2N3O2. The van der Waals surface area contributed by atoms with Crippen molar-refractivity contribution in [3.63, 3.8) is 0 Å². The van der Waals surface area contributed by atoms with Crippen LogP contribution in [-0.2, 0) is 9.53 Å². The fraction of sp³-hybridized carbons (Fsp3) is 0.571. The van der Waals surface area contributed by atoms with Crippen LogP contribution in [-0.4, -0.2) is 36.7 Å². The van der Waals surface area contributed by atoms with Gasteiger partial charge in [0.05, 0.1) is 24.8 Å². The summed E-state index contributed by atoms with van der Waals surface area (Å²) in [4.78, 5) is 15.8. The van der Waals surface area contributed by atoms with Gasteiger partial charge in [-0.3, -0.25) is 4.79 Å². The van der Waals surface area contributed by atoms with Crippen LogP contribution in [0.15, 0.2) is 6.07 Å². The summed E-state index contributed by atoms with van der Waals surface area (Å²) in [6.45, 7) is 4.18. The van der Waals surface area contributed by atoms with E-state index in [1.165, 1.54) is 0 Å². The van der Waals surface area contributed by atoms with Crippen molar-refractivity contribution in [3.05, 3.63) is 21.9 Å². The van der Waals surface area contributed by atoms with E-state index < -0.39 is 0 Å². The lowest BCUT2D eigenvalue weighted by molar-refractivity contribution is -0.117. The highest BCUT2D eigenvalue weighted by atomic mass is 35.5. The second-order valence-electron chi connectivity index (χ2n) is 5.05. The number of halogens is 2. The van der Waals surface area contributed by atoms with Gasteiger partial charge < -0.3 is 15.4 Å². The predicted molar refractivity (Wildman–Crippen MR) is 84.1 cm³/mol. The molecule has 1 saturated heterocycles. The van der Waals surface area contributed by atoms with Crippen LogP contribution in [0.4, 0.5) is 5.69 Å². The van der Waals surface area contributed by atoms with Crippen molar-refractivity contribution in [2.75, 3.05) is 25.0 Å². The van der Waals surface area contributed by atoms with Gasteiger partial charge in [0.1, 0.15) is 5.15 Å². The van der Waals surface area contributed by atoms with Gasteiger partial charge in [0.15, 0.2) is 5.15 Å². The summed E-state index contributed by atoms with van der Waals surface area (Å²) < 4.78 is 5.70. The van der Waals surface area contributed by atoms with Crippen molar-refractivity contribution in [2.24, 2.45) is 0 Å². The molecule has 0 bridgehead atoms. The Balaban J connectivity index is 1.79. The Labute approximate surface area is 134 Å². The molecule has 21 heavy (non-hydrogen) atoms. The number of carbonyl (C=O) groups is 1. The number of aromatic nitrogens is 1. The Morgan fingerprint density at radius 3 is 2.86 bits per heavy atom. The number of carbonyl (C=O) groups excluding carboxylic acids is 1. The molecule has 1 aliphatic heterocycles. The topological polar surface area (TPSA) is 63.2 Å². The Bertz CT molecular complexity index is 482. The number of hydrogen-bond donors (Lipinski definition) is 2. The van der Waals surface area contributed by atoms with E-state index in [1.54, 1.807) is 6.07 Å². The molecule has 0 radical (unpaired) electrons. The minimum atomic E-state index is -0.141. The highest BCUT2D eigenvalue weighted by Gasteiger charge is 2.15. The number of aryl methyl sites for hydroxylation is 1. The molecule has 2 N–H and O–H groups in total. The number of anilines is 1. The zero-order valence-electron chi connectivity index (χ0n) is 11.9. The van der Waals surface area contributed by atoms with E-state index in [2.05, 4.69) is 15.6 Å². The van der Waals surface area contributed by atoms with E-state index in [0.29, 0.717) is 23.9 Å². The lowest BCUT2D eigenvalue weighted by Crippen LogP contribution is -2.33. The number of nitrogens with zero attached hydrogens (tertiary/aromatic N) is 1. The summed E-state index contributed by atoms with van der Waals surface area (Å²) in [6, 6.07) is 1.66. The molecule has 7 heteroatoms. The Kier molecular flexibility index (Phi) is 6.23. The van der Waals surface area contributed by atoms with Gasteiger partial charge in [0.2, 0.25) is 5.91 Å². The Morgan fingerprint density at radius 1 is 1.48 bits per heavy atom. The maximum absolute atomic E-state index is 11.9. The maximum atomic E-state index is 11.9. The molecule has 0 aromatic carbocycles. The zero-order valence-corrected chi connectivity index (χ0v) is 13.4. The lowest BCUT2D eigenvalue weighted by atomic mass is 10.1. The summed E-state index contributed by atoms with van der Waals surface area (Å²) in [5.74, 6) is -0.141. The average molecular weight is 332 g/mol. The second-order valence-corrected chi connectivity index (χ2v) is 5.79. The molecule has 5 nitrogen and oxygen atoms in total. The van der Waals surface area contributed by atoms with Gasteiger partial charge in [-0.05, 0) is 44.5 Å². The summed E-state index contributed by atoms with van der Waals surface area (Å²) >= 11 is 11.8. The number of ether oxygens (including phenoxy) is 1. The van der Waals surface area contributed by atoms with E-state index in [4.69, 9.17) is 27.9 Å². The highest BCUT2D eigenvalue weighted by molar-refractivity contribution is 6.34. The third-order valence-electron chi connectivity index (χ3n) is 3.37. The summed E-state index contributed by atoms with van der Waals surface area (Å²) in [5, 5.41) is 6.54. The van der Waals surface area contributed by atoms with Gasteiger partial charge in [-0.25, -0.2) is 4.98 Å². The molecule has 116 valence electrons. The van der Waals surface area contributed by atoms with Crippen molar-refractivity contribution < 1.29 is 9.53 Å². The van der Waals surface area contributed by atoms with Crippen molar-refractivity contribution >= 4 is 34.8 Å². The third-order valence-corrected chi connectivity index (χ3v) is 3.84. The average Bonchev–Trinajstić information content (AvgIpc) is 2.44. The first-order chi connectivity index (χ1) is 10.1. The number of piperidine rings is 1. The van der Waals surface area contributed by atoms with E-state index in [9.17, 15) is 4.79 Å². The van der Waals surface area contributed by atoms with Crippen LogP contribution in [0.3, 0.4) is 0 Å². The first kappa shape index (κ1) is 16.5. The number of hydrogen-bond acceptors (Lipinski definition) is 4. The highest BCUT2D eigenvalue weighted by Crippen LogP contribution is 2.26. The monoisotopic (exact) mass is 331 g/mol. The first-order valence-corrected chi connectivity index (χ1v) is 7.76. The Hall–Kier alpha value is -0.880. The SMILES string of the molecule is Cc1cc(Cl)nc(Cl)c1NC(=O)CCOC1CCNCC1.